The number of hydrogen-bond donors (Lipinski definition) is 3. The van der Waals surface area contributed by atoms with Gasteiger partial charge in [0.25, 0.3) is 0 Å². The molecule has 0 saturated carbocycles. The maximum Gasteiger partial charge on any atom is 0.357 e. The van der Waals surface area contributed by atoms with Gasteiger partial charge in [0.05, 0.1) is 23.2 Å². The van der Waals surface area contributed by atoms with Crippen LogP contribution >= 0.6 is 11.6 Å². The first-order chi connectivity index (χ1) is 14.4. The summed E-state index contributed by atoms with van der Waals surface area (Å²) >= 11 is 5.93. The van der Waals surface area contributed by atoms with E-state index in [-0.39, 0.29) is 29.1 Å². The SMILES string of the molecule is CCOC(=O)c1[nH]c2cc3[nH]c(=O)n(CC)c3cc2c(=O)c1Nc1ccc(Cl)cc1. The number of benzene rings is 2. The normalized spacial score (nSPS) is 11.2. The molecule has 0 aliphatic heterocycles. The molecule has 2 aromatic carbocycles. The second-order valence-corrected chi connectivity index (χ2v) is 7.08. The Morgan fingerprint density at radius 1 is 1.10 bits per heavy atom. The number of H-pyrrole nitrogens is 2. The van der Waals surface area contributed by atoms with Gasteiger partial charge in [-0.05, 0) is 50.2 Å². The van der Waals surface area contributed by atoms with E-state index in [4.69, 9.17) is 16.3 Å². The predicted molar refractivity (Wildman–Crippen MR) is 117 cm³/mol. The maximum atomic E-state index is 13.4. The molecule has 2 aromatic heterocycles. The minimum absolute atomic E-state index is 0.000853. The highest BCUT2D eigenvalue weighted by Gasteiger charge is 2.20. The van der Waals surface area contributed by atoms with E-state index in [1.165, 1.54) is 0 Å². The number of hydrogen-bond acceptors (Lipinski definition) is 5. The molecule has 0 aliphatic carbocycles. The molecule has 0 atom stereocenters. The number of fused-ring (bicyclic) bond motifs is 2. The molecule has 4 rings (SSSR count). The minimum Gasteiger partial charge on any atom is -0.461 e. The molecule has 0 aliphatic rings. The van der Waals surface area contributed by atoms with Gasteiger partial charge >= 0.3 is 11.7 Å². The van der Waals surface area contributed by atoms with Crippen LogP contribution in [0.3, 0.4) is 0 Å². The monoisotopic (exact) mass is 426 g/mol. The molecule has 2 heterocycles. The molecule has 30 heavy (non-hydrogen) atoms. The second kappa shape index (κ2) is 7.72. The van der Waals surface area contributed by atoms with Gasteiger partial charge in [0.15, 0.2) is 5.69 Å². The van der Waals surface area contributed by atoms with Crippen LogP contribution in [0.4, 0.5) is 11.4 Å². The summed E-state index contributed by atoms with van der Waals surface area (Å²) in [5.74, 6) is -0.660. The Hall–Kier alpha value is -3.52. The van der Waals surface area contributed by atoms with Crippen molar-refractivity contribution in [2.75, 3.05) is 11.9 Å². The smallest absolute Gasteiger partial charge is 0.357 e. The van der Waals surface area contributed by atoms with E-state index in [9.17, 15) is 14.4 Å². The van der Waals surface area contributed by atoms with E-state index >= 15 is 0 Å². The Morgan fingerprint density at radius 3 is 2.50 bits per heavy atom. The summed E-state index contributed by atoms with van der Waals surface area (Å²) in [5.41, 5.74) is 1.59. The van der Waals surface area contributed by atoms with Gasteiger partial charge in [-0.25, -0.2) is 9.59 Å². The van der Waals surface area contributed by atoms with Crippen molar-refractivity contribution in [3.8, 4) is 0 Å². The molecule has 0 saturated heterocycles. The van der Waals surface area contributed by atoms with Crippen LogP contribution in [-0.2, 0) is 11.3 Å². The van der Waals surface area contributed by atoms with Crippen LogP contribution in [0.5, 0.6) is 0 Å². The highest BCUT2D eigenvalue weighted by Crippen LogP contribution is 2.24. The zero-order chi connectivity index (χ0) is 21.4. The number of aromatic amines is 2. The Bertz CT molecular complexity index is 1380. The summed E-state index contributed by atoms with van der Waals surface area (Å²) < 4.78 is 6.67. The summed E-state index contributed by atoms with van der Waals surface area (Å²) in [7, 11) is 0. The number of carbonyl (C=O) groups excluding carboxylic acids is 1. The number of nitrogens with one attached hydrogen (secondary N) is 3. The van der Waals surface area contributed by atoms with E-state index in [0.29, 0.717) is 39.2 Å². The van der Waals surface area contributed by atoms with Crippen LogP contribution in [0, 0.1) is 0 Å². The number of ether oxygens (including phenoxy) is 1. The molecular weight excluding hydrogens is 408 g/mol. The number of imidazole rings is 1. The average Bonchev–Trinajstić information content (AvgIpc) is 3.04. The van der Waals surface area contributed by atoms with Crippen molar-refractivity contribution < 1.29 is 9.53 Å². The molecule has 0 unspecified atom stereocenters. The van der Waals surface area contributed by atoms with Crippen molar-refractivity contribution in [1.29, 1.82) is 0 Å². The van der Waals surface area contributed by atoms with Gasteiger partial charge in [0.1, 0.15) is 5.69 Å². The summed E-state index contributed by atoms with van der Waals surface area (Å²) in [6.45, 7) is 4.15. The largest absolute Gasteiger partial charge is 0.461 e. The van der Waals surface area contributed by atoms with Crippen molar-refractivity contribution >= 4 is 50.9 Å². The van der Waals surface area contributed by atoms with E-state index in [1.54, 1.807) is 47.9 Å². The van der Waals surface area contributed by atoms with Gasteiger partial charge in [0, 0.05) is 22.6 Å². The zero-order valence-electron chi connectivity index (χ0n) is 16.3. The average molecular weight is 427 g/mol. The third kappa shape index (κ3) is 3.35. The molecule has 0 radical (unpaired) electrons. The topological polar surface area (TPSA) is 109 Å². The number of halogens is 1. The fourth-order valence-corrected chi connectivity index (χ4v) is 3.53. The Kier molecular flexibility index (Phi) is 5.09. The van der Waals surface area contributed by atoms with E-state index in [1.807, 2.05) is 6.92 Å². The fraction of sp³-hybridized carbons (Fsp3) is 0.190. The van der Waals surface area contributed by atoms with Crippen LogP contribution < -0.4 is 16.4 Å². The predicted octanol–water partition coefficient (Wildman–Crippen LogP) is 3.76. The second-order valence-electron chi connectivity index (χ2n) is 6.65. The van der Waals surface area contributed by atoms with Crippen LogP contribution in [0.2, 0.25) is 5.02 Å². The van der Waals surface area contributed by atoms with Gasteiger partial charge < -0.3 is 20.0 Å². The number of aryl methyl sites for hydroxylation is 1. The lowest BCUT2D eigenvalue weighted by Crippen LogP contribution is -2.19. The van der Waals surface area contributed by atoms with Crippen molar-refractivity contribution in [2.24, 2.45) is 0 Å². The van der Waals surface area contributed by atoms with Crippen LogP contribution in [0.1, 0.15) is 24.3 Å². The Balaban J connectivity index is 1.99. The number of carbonyl (C=O) groups is 1. The third-order valence-electron chi connectivity index (χ3n) is 4.80. The lowest BCUT2D eigenvalue weighted by Gasteiger charge is -2.13. The Morgan fingerprint density at radius 2 is 1.83 bits per heavy atom. The number of anilines is 2. The molecule has 3 N–H and O–H groups in total. The fourth-order valence-electron chi connectivity index (χ4n) is 3.41. The minimum atomic E-state index is -0.660. The van der Waals surface area contributed by atoms with Gasteiger partial charge in [-0.1, -0.05) is 11.6 Å². The highest BCUT2D eigenvalue weighted by molar-refractivity contribution is 6.30. The first kappa shape index (κ1) is 19.8. The number of pyridine rings is 1. The van der Waals surface area contributed by atoms with Gasteiger partial charge in [0.2, 0.25) is 5.43 Å². The summed E-state index contributed by atoms with van der Waals surface area (Å²) in [5, 5.41) is 3.89. The van der Waals surface area contributed by atoms with Crippen molar-refractivity contribution in [3.05, 3.63) is 67.8 Å². The maximum absolute atomic E-state index is 13.4. The first-order valence-electron chi connectivity index (χ1n) is 9.45. The zero-order valence-corrected chi connectivity index (χ0v) is 17.1. The number of rotatable bonds is 5. The molecule has 0 fully saturated rings. The van der Waals surface area contributed by atoms with Gasteiger partial charge in [-0.3, -0.25) is 9.36 Å². The van der Waals surface area contributed by atoms with Crippen molar-refractivity contribution in [3.63, 3.8) is 0 Å². The van der Waals surface area contributed by atoms with Gasteiger partial charge in [-0.15, -0.1) is 0 Å². The number of aromatic nitrogens is 3. The van der Waals surface area contributed by atoms with E-state index < -0.39 is 5.97 Å². The van der Waals surface area contributed by atoms with E-state index in [2.05, 4.69) is 15.3 Å². The standard InChI is InChI=1S/C21H19ClN4O4/c1-3-26-16-9-13-14(10-15(16)25-21(26)29)24-18(20(28)30-4-2)17(19(13)27)23-12-7-5-11(22)6-8-12/h5-10,23H,3-4H2,1-2H3,(H,24,27)(H,25,29). The van der Waals surface area contributed by atoms with Crippen molar-refractivity contribution in [2.45, 2.75) is 20.4 Å². The van der Waals surface area contributed by atoms with Crippen LogP contribution in [0.15, 0.2) is 46.0 Å². The lowest BCUT2D eigenvalue weighted by molar-refractivity contribution is 0.0521. The first-order valence-corrected chi connectivity index (χ1v) is 9.83. The molecule has 8 nitrogen and oxygen atoms in total. The lowest BCUT2D eigenvalue weighted by atomic mass is 10.1. The summed E-state index contributed by atoms with van der Waals surface area (Å²) in [4.78, 5) is 43.8. The number of nitrogens with zero attached hydrogens (tertiary/aromatic N) is 1. The molecule has 4 aromatic rings. The highest BCUT2D eigenvalue weighted by atomic mass is 35.5. The molecule has 9 heteroatoms. The van der Waals surface area contributed by atoms with E-state index in [0.717, 1.165) is 0 Å². The summed E-state index contributed by atoms with van der Waals surface area (Å²) in [6.07, 6.45) is 0. The molecule has 0 amide bonds. The summed E-state index contributed by atoms with van der Waals surface area (Å²) in [6, 6.07) is 10.0. The molecular formula is C21H19ClN4O4. The Labute approximate surface area is 175 Å². The molecule has 154 valence electrons. The van der Waals surface area contributed by atoms with Crippen LogP contribution in [-0.4, -0.2) is 27.1 Å². The molecule has 0 bridgehead atoms. The molecule has 0 spiro atoms. The van der Waals surface area contributed by atoms with Crippen molar-refractivity contribution in [1.82, 2.24) is 14.5 Å². The van der Waals surface area contributed by atoms with Crippen LogP contribution in [0.25, 0.3) is 21.9 Å². The quantitative estimate of drug-likeness (QED) is 0.421. The van der Waals surface area contributed by atoms with Gasteiger partial charge in [-0.2, -0.15) is 0 Å². The third-order valence-corrected chi connectivity index (χ3v) is 5.06. The number of esters is 1.